The SMILES string of the molecule is C[C@H](Oc1ccc2ccccc2c1C=O)C(=O)Nc1ccc(Br)cc1. The number of aldehydes is 1. The van der Waals surface area contributed by atoms with Crippen molar-refractivity contribution in [3.8, 4) is 5.75 Å². The minimum atomic E-state index is -0.747. The molecule has 3 aromatic rings. The van der Waals surface area contributed by atoms with Crippen molar-refractivity contribution < 1.29 is 14.3 Å². The summed E-state index contributed by atoms with van der Waals surface area (Å²) in [6.07, 6.45) is 0.0142. The molecule has 0 heterocycles. The molecule has 1 atom stereocenters. The maximum Gasteiger partial charge on any atom is 0.265 e. The summed E-state index contributed by atoms with van der Waals surface area (Å²) in [5.74, 6) is 0.111. The lowest BCUT2D eigenvalue weighted by Crippen LogP contribution is -2.30. The standard InChI is InChI=1S/C20H16BrNO3/c1-13(20(24)22-16-9-7-15(21)8-10-16)25-19-11-6-14-4-2-3-5-17(14)18(19)12-23/h2-13H,1H3,(H,22,24)/t13-/m0/s1. The number of carbonyl (C=O) groups excluding carboxylic acids is 2. The van der Waals surface area contributed by atoms with E-state index in [0.29, 0.717) is 17.0 Å². The summed E-state index contributed by atoms with van der Waals surface area (Å²) in [5.41, 5.74) is 1.12. The van der Waals surface area contributed by atoms with Crippen LogP contribution in [-0.4, -0.2) is 18.3 Å². The topological polar surface area (TPSA) is 55.4 Å². The zero-order valence-corrected chi connectivity index (χ0v) is 15.1. The second-order valence-electron chi connectivity index (χ2n) is 5.57. The van der Waals surface area contributed by atoms with E-state index >= 15 is 0 Å². The van der Waals surface area contributed by atoms with Gasteiger partial charge in [0.25, 0.3) is 5.91 Å². The number of carbonyl (C=O) groups is 2. The monoisotopic (exact) mass is 397 g/mol. The first-order valence-corrected chi connectivity index (χ1v) is 8.58. The lowest BCUT2D eigenvalue weighted by Gasteiger charge is -2.17. The molecule has 126 valence electrons. The molecule has 5 heteroatoms. The van der Waals surface area contributed by atoms with Crippen LogP contribution in [0.2, 0.25) is 0 Å². The fourth-order valence-corrected chi connectivity index (χ4v) is 2.79. The van der Waals surface area contributed by atoms with Gasteiger partial charge in [-0.15, -0.1) is 0 Å². The molecule has 0 fully saturated rings. The van der Waals surface area contributed by atoms with Gasteiger partial charge in [0.15, 0.2) is 12.4 Å². The number of anilines is 1. The summed E-state index contributed by atoms with van der Waals surface area (Å²) in [5, 5.41) is 4.54. The molecular weight excluding hydrogens is 382 g/mol. The lowest BCUT2D eigenvalue weighted by atomic mass is 10.0. The van der Waals surface area contributed by atoms with E-state index in [1.54, 1.807) is 25.1 Å². The van der Waals surface area contributed by atoms with Crippen molar-refractivity contribution in [2.45, 2.75) is 13.0 Å². The predicted octanol–water partition coefficient (Wildman–Crippen LogP) is 4.82. The molecule has 0 aliphatic heterocycles. The fraction of sp³-hybridized carbons (Fsp3) is 0.100. The molecule has 0 spiro atoms. The molecule has 3 aromatic carbocycles. The average molecular weight is 398 g/mol. The Labute approximate surface area is 153 Å². The molecule has 25 heavy (non-hydrogen) atoms. The summed E-state index contributed by atoms with van der Waals surface area (Å²) in [6, 6.07) is 18.4. The van der Waals surface area contributed by atoms with E-state index in [1.807, 2.05) is 42.5 Å². The van der Waals surface area contributed by atoms with Crippen molar-refractivity contribution in [2.24, 2.45) is 0 Å². The van der Waals surface area contributed by atoms with Crippen LogP contribution in [0.3, 0.4) is 0 Å². The zero-order chi connectivity index (χ0) is 17.8. The first-order chi connectivity index (χ1) is 12.1. The quantitative estimate of drug-likeness (QED) is 0.627. The van der Waals surface area contributed by atoms with Crippen LogP contribution in [0.4, 0.5) is 5.69 Å². The highest BCUT2D eigenvalue weighted by atomic mass is 79.9. The molecule has 1 amide bonds. The summed E-state index contributed by atoms with van der Waals surface area (Å²) in [7, 11) is 0. The number of ether oxygens (including phenoxy) is 1. The third-order valence-corrected chi connectivity index (χ3v) is 4.36. The van der Waals surface area contributed by atoms with Gasteiger partial charge in [-0.1, -0.05) is 46.3 Å². The van der Waals surface area contributed by atoms with Crippen LogP contribution < -0.4 is 10.1 Å². The molecule has 0 aliphatic carbocycles. The van der Waals surface area contributed by atoms with E-state index in [2.05, 4.69) is 21.2 Å². The molecule has 0 aromatic heterocycles. The predicted molar refractivity (Wildman–Crippen MR) is 102 cm³/mol. The van der Waals surface area contributed by atoms with Gasteiger partial charge in [-0.25, -0.2) is 0 Å². The largest absolute Gasteiger partial charge is 0.480 e. The Morgan fingerprint density at radius 3 is 2.52 bits per heavy atom. The lowest BCUT2D eigenvalue weighted by molar-refractivity contribution is -0.122. The molecule has 0 unspecified atom stereocenters. The van der Waals surface area contributed by atoms with Gasteiger partial charge in [0, 0.05) is 10.2 Å². The normalized spacial score (nSPS) is 11.8. The van der Waals surface area contributed by atoms with Gasteiger partial charge in [0.2, 0.25) is 0 Å². The number of halogens is 1. The molecule has 1 N–H and O–H groups in total. The molecule has 4 nitrogen and oxygen atoms in total. The Balaban J connectivity index is 1.79. The summed E-state index contributed by atoms with van der Waals surface area (Å²) < 4.78 is 6.68. The van der Waals surface area contributed by atoms with Gasteiger partial charge in [-0.3, -0.25) is 9.59 Å². The number of amides is 1. The minimum absolute atomic E-state index is 0.285. The van der Waals surface area contributed by atoms with Crippen LogP contribution >= 0.6 is 15.9 Å². The van der Waals surface area contributed by atoms with Gasteiger partial charge in [0.1, 0.15) is 5.75 Å². The molecular formula is C20H16BrNO3. The van der Waals surface area contributed by atoms with E-state index in [1.165, 1.54) is 0 Å². The Kier molecular flexibility index (Phi) is 5.14. The number of rotatable bonds is 5. The van der Waals surface area contributed by atoms with E-state index in [0.717, 1.165) is 21.5 Å². The summed E-state index contributed by atoms with van der Waals surface area (Å²) in [4.78, 5) is 23.9. The van der Waals surface area contributed by atoms with Crippen molar-refractivity contribution in [3.63, 3.8) is 0 Å². The highest BCUT2D eigenvalue weighted by Gasteiger charge is 2.17. The molecule has 0 aliphatic rings. The van der Waals surface area contributed by atoms with E-state index < -0.39 is 6.10 Å². The molecule has 0 saturated carbocycles. The number of benzene rings is 3. The van der Waals surface area contributed by atoms with Crippen LogP contribution in [0.15, 0.2) is 65.1 Å². The number of nitrogens with one attached hydrogen (secondary N) is 1. The van der Waals surface area contributed by atoms with Gasteiger partial charge >= 0.3 is 0 Å². The van der Waals surface area contributed by atoms with E-state index in [-0.39, 0.29) is 5.91 Å². The maximum absolute atomic E-state index is 12.3. The minimum Gasteiger partial charge on any atom is -0.480 e. The van der Waals surface area contributed by atoms with E-state index in [9.17, 15) is 9.59 Å². The molecule has 3 rings (SSSR count). The van der Waals surface area contributed by atoms with Crippen LogP contribution in [0.5, 0.6) is 5.75 Å². The maximum atomic E-state index is 12.3. The first kappa shape index (κ1) is 17.2. The van der Waals surface area contributed by atoms with Crippen LogP contribution in [0, 0.1) is 0 Å². The van der Waals surface area contributed by atoms with Gasteiger partial charge < -0.3 is 10.1 Å². The van der Waals surface area contributed by atoms with Crippen molar-refractivity contribution in [2.75, 3.05) is 5.32 Å². The highest BCUT2D eigenvalue weighted by Crippen LogP contribution is 2.27. The smallest absolute Gasteiger partial charge is 0.265 e. The number of hydrogen-bond acceptors (Lipinski definition) is 3. The zero-order valence-electron chi connectivity index (χ0n) is 13.5. The van der Waals surface area contributed by atoms with Crippen LogP contribution in [0.25, 0.3) is 10.8 Å². The third-order valence-electron chi connectivity index (χ3n) is 3.83. The highest BCUT2D eigenvalue weighted by molar-refractivity contribution is 9.10. The Morgan fingerprint density at radius 2 is 1.80 bits per heavy atom. The van der Waals surface area contributed by atoms with Crippen LogP contribution in [0.1, 0.15) is 17.3 Å². The Bertz CT molecular complexity index is 922. The van der Waals surface area contributed by atoms with Crippen molar-refractivity contribution >= 4 is 44.6 Å². The Hall–Kier alpha value is -2.66. The molecule has 0 radical (unpaired) electrons. The Morgan fingerprint density at radius 1 is 1.08 bits per heavy atom. The number of fused-ring (bicyclic) bond motifs is 1. The first-order valence-electron chi connectivity index (χ1n) is 7.78. The van der Waals surface area contributed by atoms with E-state index in [4.69, 9.17) is 4.74 Å². The molecule has 0 saturated heterocycles. The molecule has 0 bridgehead atoms. The van der Waals surface area contributed by atoms with Gasteiger partial charge in [-0.05, 0) is 48.0 Å². The summed E-state index contributed by atoms with van der Waals surface area (Å²) in [6.45, 7) is 1.65. The van der Waals surface area contributed by atoms with Gasteiger partial charge in [-0.2, -0.15) is 0 Å². The van der Waals surface area contributed by atoms with Crippen molar-refractivity contribution in [1.29, 1.82) is 0 Å². The van der Waals surface area contributed by atoms with Gasteiger partial charge in [0.05, 0.1) is 5.56 Å². The number of hydrogen-bond donors (Lipinski definition) is 1. The average Bonchev–Trinajstić information content (AvgIpc) is 2.63. The third kappa shape index (κ3) is 3.88. The summed E-state index contributed by atoms with van der Waals surface area (Å²) >= 11 is 3.35. The van der Waals surface area contributed by atoms with Crippen molar-refractivity contribution in [3.05, 3.63) is 70.7 Å². The second kappa shape index (κ2) is 7.49. The van der Waals surface area contributed by atoms with Crippen LogP contribution in [-0.2, 0) is 4.79 Å². The fourth-order valence-electron chi connectivity index (χ4n) is 2.52. The van der Waals surface area contributed by atoms with Crippen molar-refractivity contribution in [1.82, 2.24) is 0 Å². The second-order valence-corrected chi connectivity index (χ2v) is 6.49.